The largest absolute Gasteiger partial charge is 0.475 e. The second-order valence-electron chi connectivity index (χ2n) is 12.5. The Hall–Kier alpha value is -5.57. The summed E-state index contributed by atoms with van der Waals surface area (Å²) in [6.07, 6.45) is 6.54. The first-order chi connectivity index (χ1) is 25.0. The van der Waals surface area contributed by atoms with Crippen molar-refractivity contribution < 1.29 is 18.5 Å². The minimum Gasteiger partial charge on any atom is -0.475 e. The Balaban J connectivity index is 0.000000147. The van der Waals surface area contributed by atoms with Gasteiger partial charge in [-0.3, -0.25) is 0 Å². The minimum absolute atomic E-state index is 0.0854. The van der Waals surface area contributed by atoms with Crippen LogP contribution in [0.4, 0.5) is 11.9 Å². The van der Waals surface area contributed by atoms with Gasteiger partial charge in [0.05, 0.1) is 17.9 Å². The van der Waals surface area contributed by atoms with Crippen molar-refractivity contribution in [2.45, 2.75) is 59.7 Å². The highest BCUT2D eigenvalue weighted by Crippen LogP contribution is 2.36. The SMILES string of the molecule is CC(C)Oc1cccc(C2=CCc3ccc(-c4nc(N)no4)cc32)n1.Cc1cccc(OC(C)C)n1.Nc1noc(-c2ccc3c(c2)C(I)=CC3)n1. The Bertz CT molecular complexity index is 2240. The van der Waals surface area contributed by atoms with Crippen molar-refractivity contribution in [2.75, 3.05) is 11.5 Å². The molecule has 0 bridgehead atoms. The predicted molar refractivity (Wildman–Crippen MR) is 210 cm³/mol. The van der Waals surface area contributed by atoms with E-state index >= 15 is 0 Å². The van der Waals surface area contributed by atoms with E-state index < -0.39 is 0 Å². The number of halogens is 1. The monoisotopic (exact) mass is 810 g/mol. The second kappa shape index (κ2) is 16.2. The maximum absolute atomic E-state index is 5.71. The zero-order valence-corrected chi connectivity index (χ0v) is 31.7. The van der Waals surface area contributed by atoms with Crippen LogP contribution in [0.1, 0.15) is 61.3 Å². The average molecular weight is 811 g/mol. The molecule has 52 heavy (non-hydrogen) atoms. The number of anilines is 2. The summed E-state index contributed by atoms with van der Waals surface area (Å²) in [6, 6.07) is 23.8. The molecule has 4 aromatic heterocycles. The molecule has 8 rings (SSSR count). The Morgan fingerprint density at radius 2 is 1.19 bits per heavy atom. The Kier molecular flexibility index (Phi) is 11.3. The number of allylic oxidation sites excluding steroid dienone is 2. The van der Waals surface area contributed by atoms with Gasteiger partial charge < -0.3 is 30.0 Å². The highest BCUT2D eigenvalue weighted by atomic mass is 127. The highest BCUT2D eigenvalue weighted by molar-refractivity contribution is 14.1. The molecule has 0 atom stereocenters. The zero-order valence-electron chi connectivity index (χ0n) is 29.5. The molecule has 4 heterocycles. The van der Waals surface area contributed by atoms with Gasteiger partial charge >= 0.3 is 0 Å². The highest BCUT2D eigenvalue weighted by Gasteiger charge is 2.20. The first-order valence-electron chi connectivity index (χ1n) is 16.8. The summed E-state index contributed by atoms with van der Waals surface area (Å²) in [5, 5.41) is 7.23. The topological polar surface area (TPSA) is 174 Å². The first kappa shape index (κ1) is 36.2. The normalized spacial score (nSPS) is 12.6. The number of ether oxygens (including phenoxy) is 2. The summed E-state index contributed by atoms with van der Waals surface area (Å²) in [7, 11) is 0. The fraction of sp³-hybridized carbons (Fsp3) is 0.231. The van der Waals surface area contributed by atoms with E-state index in [1.807, 2.05) is 89.2 Å². The maximum Gasteiger partial charge on any atom is 0.261 e. The lowest BCUT2D eigenvalue weighted by Crippen LogP contribution is -2.07. The summed E-state index contributed by atoms with van der Waals surface area (Å²) >= 11 is 2.33. The van der Waals surface area contributed by atoms with Crippen LogP contribution in [0.25, 0.3) is 32.1 Å². The third-order valence-corrected chi connectivity index (χ3v) is 8.77. The fourth-order valence-corrected chi connectivity index (χ4v) is 6.25. The number of nitrogen functional groups attached to an aromatic ring is 2. The van der Waals surface area contributed by atoms with E-state index in [-0.39, 0.29) is 24.1 Å². The van der Waals surface area contributed by atoms with Crippen molar-refractivity contribution in [1.82, 2.24) is 30.2 Å². The number of aromatic nitrogens is 6. The maximum atomic E-state index is 5.71. The summed E-state index contributed by atoms with van der Waals surface area (Å²) in [5.74, 6) is 2.52. The molecular weight excluding hydrogens is 771 g/mol. The molecule has 0 unspecified atom stereocenters. The first-order valence-corrected chi connectivity index (χ1v) is 17.9. The molecule has 0 spiro atoms. The molecule has 0 fully saturated rings. The molecule has 0 amide bonds. The fourth-order valence-electron chi connectivity index (χ4n) is 5.52. The van der Waals surface area contributed by atoms with Crippen molar-refractivity contribution in [1.29, 1.82) is 0 Å². The van der Waals surface area contributed by atoms with Gasteiger partial charge in [-0.25, -0.2) is 9.97 Å². The number of nitrogens with two attached hydrogens (primary N) is 2. The van der Waals surface area contributed by atoms with Crippen LogP contribution in [0, 0.1) is 6.92 Å². The van der Waals surface area contributed by atoms with Crippen LogP contribution in [0.2, 0.25) is 0 Å². The van der Waals surface area contributed by atoms with Gasteiger partial charge in [-0.2, -0.15) is 9.97 Å². The Morgan fingerprint density at radius 1 is 0.654 bits per heavy atom. The Morgan fingerprint density at radius 3 is 1.75 bits per heavy atom. The van der Waals surface area contributed by atoms with Gasteiger partial charge in [0.15, 0.2) is 0 Å². The van der Waals surface area contributed by atoms with Crippen LogP contribution in [-0.2, 0) is 12.8 Å². The van der Waals surface area contributed by atoms with Crippen molar-refractivity contribution in [3.8, 4) is 34.7 Å². The van der Waals surface area contributed by atoms with Crippen LogP contribution in [0.15, 0.2) is 94.0 Å². The van der Waals surface area contributed by atoms with E-state index in [1.54, 1.807) is 0 Å². The molecule has 12 nitrogen and oxygen atoms in total. The van der Waals surface area contributed by atoms with Gasteiger partial charge in [-0.15, -0.1) is 0 Å². The smallest absolute Gasteiger partial charge is 0.261 e. The van der Waals surface area contributed by atoms with Gasteiger partial charge in [0.1, 0.15) is 0 Å². The van der Waals surface area contributed by atoms with Crippen LogP contribution in [0.5, 0.6) is 11.8 Å². The van der Waals surface area contributed by atoms with Crippen LogP contribution >= 0.6 is 22.6 Å². The minimum atomic E-state index is 0.0854. The number of pyridine rings is 2. The van der Waals surface area contributed by atoms with E-state index in [4.69, 9.17) is 30.0 Å². The summed E-state index contributed by atoms with van der Waals surface area (Å²) in [5.41, 5.74) is 20.6. The molecule has 0 radical (unpaired) electrons. The van der Waals surface area contributed by atoms with E-state index in [2.05, 4.69) is 83.2 Å². The third kappa shape index (κ3) is 9.01. The van der Waals surface area contributed by atoms with E-state index in [9.17, 15) is 0 Å². The third-order valence-electron chi connectivity index (χ3n) is 7.75. The van der Waals surface area contributed by atoms with Crippen molar-refractivity contribution in [2.24, 2.45) is 0 Å². The van der Waals surface area contributed by atoms with E-state index in [0.29, 0.717) is 23.5 Å². The van der Waals surface area contributed by atoms with Crippen molar-refractivity contribution >= 4 is 43.6 Å². The number of rotatable bonds is 7. The second-order valence-corrected chi connectivity index (χ2v) is 13.7. The summed E-state index contributed by atoms with van der Waals surface area (Å²) < 4.78 is 22.6. The molecule has 0 saturated heterocycles. The van der Waals surface area contributed by atoms with E-state index in [1.165, 1.54) is 20.3 Å². The standard InChI is InChI=1S/C19H18N4O2.C11H8IN3O.C9H13NO/c1-11(2)24-17-5-3-4-16(21-17)14-9-8-12-6-7-13(10-15(12)14)18-22-19(20)23-25-18;12-9-4-3-6-1-2-7(5-8(6)9)10-14-11(13)15-16-10;1-7(2)11-9-6-4-5-8(3)10-9/h3-7,9-11H,8H2,1-2H3,(H2,20,23);1-2,4-5H,3H2,(H2,13,15);4-7H,1-3H3. The zero-order chi connectivity index (χ0) is 36.8. The molecule has 4 N–H and O–H groups in total. The average Bonchev–Trinajstić information content (AvgIpc) is 3.92. The summed E-state index contributed by atoms with van der Waals surface area (Å²) in [6.45, 7) is 9.91. The molecular formula is C39H39IN8O4. The number of aryl methyl sites for hydroxylation is 1. The molecule has 2 aliphatic rings. The van der Waals surface area contributed by atoms with Gasteiger partial charge in [0.25, 0.3) is 23.7 Å². The van der Waals surface area contributed by atoms with Crippen LogP contribution < -0.4 is 20.9 Å². The number of hydrogen-bond donors (Lipinski definition) is 2. The molecule has 2 aliphatic carbocycles. The Labute approximate surface area is 315 Å². The molecule has 13 heteroatoms. The number of fused-ring (bicyclic) bond motifs is 2. The lowest BCUT2D eigenvalue weighted by molar-refractivity contribution is 0.232. The van der Waals surface area contributed by atoms with Crippen LogP contribution in [0.3, 0.4) is 0 Å². The predicted octanol–water partition coefficient (Wildman–Crippen LogP) is 8.32. The lowest BCUT2D eigenvalue weighted by atomic mass is 10.00. The van der Waals surface area contributed by atoms with Crippen LogP contribution in [-0.4, -0.2) is 42.5 Å². The van der Waals surface area contributed by atoms with Gasteiger partial charge in [-0.1, -0.05) is 36.4 Å². The van der Waals surface area contributed by atoms with E-state index in [0.717, 1.165) is 46.5 Å². The molecule has 6 aromatic rings. The molecule has 0 saturated carbocycles. The number of nitrogens with zero attached hydrogens (tertiary/aromatic N) is 6. The van der Waals surface area contributed by atoms with Crippen molar-refractivity contribution in [3.63, 3.8) is 0 Å². The molecule has 0 aliphatic heterocycles. The molecule has 2 aromatic carbocycles. The van der Waals surface area contributed by atoms with Gasteiger partial charge in [0.2, 0.25) is 11.8 Å². The van der Waals surface area contributed by atoms with Gasteiger partial charge in [-0.05, 0) is 139 Å². The quantitative estimate of drug-likeness (QED) is 0.148. The van der Waals surface area contributed by atoms with Gasteiger partial charge in [0, 0.05) is 38.1 Å². The number of benzene rings is 2. The summed E-state index contributed by atoms with van der Waals surface area (Å²) in [4.78, 5) is 16.9. The molecule has 266 valence electrons. The number of hydrogen-bond acceptors (Lipinski definition) is 12. The van der Waals surface area contributed by atoms with Crippen molar-refractivity contribution in [3.05, 3.63) is 119 Å². The lowest BCUT2D eigenvalue weighted by Gasteiger charge is -2.11.